The topological polar surface area (TPSA) is 29.5 Å². The summed E-state index contributed by atoms with van der Waals surface area (Å²) in [7, 11) is 0. The third-order valence-electron chi connectivity index (χ3n) is 2.65. The molecule has 0 aliphatic rings. The van der Waals surface area contributed by atoms with Crippen molar-refractivity contribution in [1.29, 1.82) is 0 Å². The number of benzene rings is 1. The predicted molar refractivity (Wildman–Crippen MR) is 57.5 cm³/mol. The smallest absolute Gasteiger partial charge is 0.405 e. The van der Waals surface area contributed by atoms with E-state index >= 15 is 0 Å². The molecule has 0 fully saturated rings. The van der Waals surface area contributed by atoms with E-state index in [4.69, 9.17) is 0 Å². The lowest BCUT2D eigenvalue weighted by atomic mass is 9.95. The van der Waals surface area contributed by atoms with Crippen molar-refractivity contribution >= 4 is 0 Å². The highest BCUT2D eigenvalue weighted by Gasteiger charge is 2.33. The molecule has 2 atom stereocenters. The summed E-state index contributed by atoms with van der Waals surface area (Å²) in [6, 6.07) is 5.66. The van der Waals surface area contributed by atoms with Gasteiger partial charge in [-0.25, -0.2) is 0 Å². The summed E-state index contributed by atoms with van der Waals surface area (Å²) in [5.74, 6) is -0.471. The van der Waals surface area contributed by atoms with Gasteiger partial charge in [-0.15, -0.1) is 13.2 Å². The zero-order valence-corrected chi connectivity index (χ0v) is 9.66. The normalized spacial score (nSPS) is 15.4. The first-order valence-corrected chi connectivity index (χ1v) is 5.38. The second-order valence-electron chi connectivity index (χ2n) is 3.92. The monoisotopic (exact) mass is 248 g/mol. The number of hydrogen-bond donors (Lipinski definition) is 1. The second kappa shape index (κ2) is 5.40. The maximum atomic E-state index is 12.2. The zero-order valence-electron chi connectivity index (χ0n) is 9.66. The van der Waals surface area contributed by atoms with Gasteiger partial charge < -0.3 is 9.84 Å². The van der Waals surface area contributed by atoms with Gasteiger partial charge in [0.05, 0.1) is 6.10 Å². The number of aliphatic hydroxyl groups is 1. The fourth-order valence-corrected chi connectivity index (χ4v) is 1.47. The third kappa shape index (κ3) is 3.93. The Bertz CT molecular complexity index is 363. The van der Waals surface area contributed by atoms with Gasteiger partial charge in [-0.2, -0.15) is 0 Å². The maximum absolute atomic E-state index is 12.2. The van der Waals surface area contributed by atoms with Crippen LogP contribution in [0.25, 0.3) is 0 Å². The highest BCUT2D eigenvalue weighted by molar-refractivity contribution is 5.35. The minimum Gasteiger partial charge on any atom is -0.405 e. The molecule has 17 heavy (non-hydrogen) atoms. The van der Waals surface area contributed by atoms with Crippen LogP contribution in [-0.4, -0.2) is 11.5 Å². The van der Waals surface area contributed by atoms with Crippen LogP contribution < -0.4 is 4.74 Å². The number of aliphatic hydroxyl groups excluding tert-OH is 1. The molecule has 0 bridgehead atoms. The van der Waals surface area contributed by atoms with Gasteiger partial charge in [0.25, 0.3) is 0 Å². The minimum atomic E-state index is -4.74. The lowest BCUT2D eigenvalue weighted by Crippen LogP contribution is -2.19. The van der Waals surface area contributed by atoms with Crippen molar-refractivity contribution in [2.75, 3.05) is 0 Å². The van der Waals surface area contributed by atoms with Gasteiger partial charge in [0, 0.05) is 5.56 Å². The van der Waals surface area contributed by atoms with Crippen molar-refractivity contribution in [2.45, 2.75) is 32.7 Å². The summed E-state index contributed by atoms with van der Waals surface area (Å²) in [6.07, 6.45) is -5.04. The Morgan fingerprint density at radius 2 is 1.88 bits per heavy atom. The van der Waals surface area contributed by atoms with Crippen molar-refractivity contribution < 1.29 is 23.0 Å². The summed E-state index contributed by atoms with van der Waals surface area (Å²) < 4.78 is 40.4. The Morgan fingerprint density at radius 1 is 1.29 bits per heavy atom. The molecule has 0 aromatic heterocycles. The van der Waals surface area contributed by atoms with Gasteiger partial charge in [-0.1, -0.05) is 38.5 Å². The van der Waals surface area contributed by atoms with Crippen molar-refractivity contribution in [3.05, 3.63) is 29.8 Å². The molecule has 1 rings (SSSR count). The molecule has 0 spiro atoms. The van der Waals surface area contributed by atoms with Crippen LogP contribution in [0.1, 0.15) is 31.9 Å². The molecule has 0 saturated heterocycles. The maximum Gasteiger partial charge on any atom is 0.573 e. The predicted octanol–water partition coefficient (Wildman–Crippen LogP) is 3.66. The molecule has 0 saturated carbocycles. The zero-order chi connectivity index (χ0) is 13.1. The molecule has 1 N–H and O–H groups in total. The van der Waals surface area contributed by atoms with E-state index in [0.717, 1.165) is 0 Å². The van der Waals surface area contributed by atoms with Crippen LogP contribution in [0.5, 0.6) is 5.75 Å². The fraction of sp³-hybridized carbons (Fsp3) is 0.500. The molecule has 2 nitrogen and oxygen atoms in total. The molecule has 2 unspecified atom stereocenters. The first kappa shape index (κ1) is 13.8. The standard InChI is InChI=1S/C12H15F3O2/c1-3-8(2)11(16)9-6-4-5-7-10(9)17-12(13,14)15/h4-8,11,16H,3H2,1-2H3. The van der Waals surface area contributed by atoms with Crippen LogP contribution in [0, 0.1) is 5.92 Å². The van der Waals surface area contributed by atoms with Crippen LogP contribution in [0.15, 0.2) is 24.3 Å². The number of para-hydroxylation sites is 1. The Balaban J connectivity index is 2.99. The molecular formula is C12H15F3O2. The Hall–Kier alpha value is -1.23. The van der Waals surface area contributed by atoms with Gasteiger partial charge in [0.15, 0.2) is 0 Å². The Morgan fingerprint density at radius 3 is 2.41 bits per heavy atom. The van der Waals surface area contributed by atoms with E-state index in [1.165, 1.54) is 18.2 Å². The summed E-state index contributed by atoms with van der Waals surface area (Å²) in [5.41, 5.74) is 0.166. The van der Waals surface area contributed by atoms with E-state index in [1.807, 2.05) is 6.92 Å². The lowest BCUT2D eigenvalue weighted by molar-refractivity contribution is -0.275. The molecule has 96 valence electrons. The highest BCUT2D eigenvalue weighted by atomic mass is 19.4. The molecule has 5 heteroatoms. The van der Waals surface area contributed by atoms with E-state index in [9.17, 15) is 18.3 Å². The fourth-order valence-electron chi connectivity index (χ4n) is 1.47. The quantitative estimate of drug-likeness (QED) is 0.881. The minimum absolute atomic E-state index is 0.131. The first-order chi connectivity index (χ1) is 7.85. The highest BCUT2D eigenvalue weighted by Crippen LogP contribution is 2.34. The van der Waals surface area contributed by atoms with E-state index in [-0.39, 0.29) is 17.2 Å². The number of alkyl halides is 3. The van der Waals surface area contributed by atoms with Gasteiger partial charge in [-0.3, -0.25) is 0 Å². The van der Waals surface area contributed by atoms with Crippen molar-refractivity contribution in [3.8, 4) is 5.75 Å². The summed E-state index contributed by atoms with van der Waals surface area (Å²) in [6.45, 7) is 3.64. The lowest BCUT2D eigenvalue weighted by Gasteiger charge is -2.21. The summed E-state index contributed by atoms with van der Waals surface area (Å²) in [5, 5.41) is 9.92. The first-order valence-electron chi connectivity index (χ1n) is 5.38. The van der Waals surface area contributed by atoms with Crippen LogP contribution in [0.2, 0.25) is 0 Å². The summed E-state index contributed by atoms with van der Waals surface area (Å²) in [4.78, 5) is 0. The Labute approximate surface area is 98.0 Å². The molecule has 0 amide bonds. The van der Waals surface area contributed by atoms with Crippen LogP contribution >= 0.6 is 0 Å². The van der Waals surface area contributed by atoms with Gasteiger partial charge in [-0.05, 0) is 12.0 Å². The molecule has 1 aromatic carbocycles. The van der Waals surface area contributed by atoms with Gasteiger partial charge in [0.1, 0.15) is 5.75 Å². The van der Waals surface area contributed by atoms with Crippen LogP contribution in [0.4, 0.5) is 13.2 Å². The average molecular weight is 248 g/mol. The summed E-state index contributed by atoms with van der Waals surface area (Å²) >= 11 is 0. The van der Waals surface area contributed by atoms with E-state index in [1.54, 1.807) is 13.0 Å². The van der Waals surface area contributed by atoms with Crippen LogP contribution in [0.3, 0.4) is 0 Å². The number of rotatable bonds is 4. The Kier molecular flexibility index (Phi) is 4.40. The molecule has 0 heterocycles. The average Bonchev–Trinajstić information content (AvgIpc) is 2.25. The molecule has 0 radical (unpaired) electrons. The largest absolute Gasteiger partial charge is 0.573 e. The number of halogens is 3. The van der Waals surface area contributed by atoms with E-state index in [2.05, 4.69) is 4.74 Å². The third-order valence-corrected chi connectivity index (χ3v) is 2.65. The number of ether oxygens (including phenoxy) is 1. The van der Waals surface area contributed by atoms with Crippen molar-refractivity contribution in [2.24, 2.45) is 5.92 Å². The van der Waals surface area contributed by atoms with Crippen molar-refractivity contribution in [1.82, 2.24) is 0 Å². The molecule has 0 aliphatic carbocycles. The van der Waals surface area contributed by atoms with Crippen LogP contribution in [-0.2, 0) is 0 Å². The van der Waals surface area contributed by atoms with Crippen molar-refractivity contribution in [3.63, 3.8) is 0 Å². The van der Waals surface area contributed by atoms with E-state index < -0.39 is 12.5 Å². The molecular weight excluding hydrogens is 233 g/mol. The second-order valence-corrected chi connectivity index (χ2v) is 3.92. The van der Waals surface area contributed by atoms with E-state index in [0.29, 0.717) is 6.42 Å². The number of hydrogen-bond acceptors (Lipinski definition) is 2. The molecule has 1 aromatic rings. The van der Waals surface area contributed by atoms with Gasteiger partial charge in [0.2, 0.25) is 0 Å². The SMILES string of the molecule is CCC(C)C(O)c1ccccc1OC(F)(F)F. The molecule has 0 aliphatic heterocycles. The van der Waals surface area contributed by atoms with Gasteiger partial charge >= 0.3 is 6.36 Å².